The highest BCUT2D eigenvalue weighted by molar-refractivity contribution is 6.30. The number of nitrogens with zero attached hydrogens (tertiary/aromatic N) is 4. The zero-order valence-electron chi connectivity index (χ0n) is 14.3. The lowest BCUT2D eigenvalue weighted by Crippen LogP contribution is -2.10. The first kappa shape index (κ1) is 16.5. The molecule has 0 radical (unpaired) electrons. The van der Waals surface area contributed by atoms with Crippen LogP contribution in [0, 0.1) is 6.92 Å². The summed E-state index contributed by atoms with van der Waals surface area (Å²) in [7, 11) is 0. The van der Waals surface area contributed by atoms with Gasteiger partial charge in [-0.15, -0.1) is 0 Å². The molecule has 26 heavy (non-hydrogen) atoms. The van der Waals surface area contributed by atoms with Crippen molar-refractivity contribution in [1.82, 2.24) is 20.1 Å². The molecule has 0 amide bonds. The Balaban J connectivity index is 1.60. The van der Waals surface area contributed by atoms with Crippen molar-refractivity contribution in [2.45, 2.75) is 19.9 Å². The molecule has 2 heterocycles. The van der Waals surface area contributed by atoms with Crippen LogP contribution < -0.4 is 5.32 Å². The first-order chi connectivity index (χ1) is 12.6. The summed E-state index contributed by atoms with van der Waals surface area (Å²) >= 11 is 5.92. The third-order valence-electron chi connectivity index (χ3n) is 4.06. The third kappa shape index (κ3) is 3.23. The number of hydrogen-bond acceptors (Lipinski definition) is 6. The lowest BCUT2D eigenvalue weighted by Gasteiger charge is -2.12. The third-order valence-corrected chi connectivity index (χ3v) is 4.32. The molecule has 0 saturated heterocycles. The lowest BCUT2D eigenvalue weighted by atomic mass is 10.1. The van der Waals surface area contributed by atoms with Crippen LogP contribution in [0.1, 0.15) is 24.4 Å². The molecule has 4 rings (SSSR count). The number of aromatic nitrogens is 4. The smallest absolute Gasteiger partial charge is 0.257 e. The van der Waals surface area contributed by atoms with E-state index in [0.717, 1.165) is 27.8 Å². The molecule has 0 saturated carbocycles. The molecule has 0 aliphatic rings. The number of benzene rings is 2. The molecule has 0 fully saturated rings. The molecular formula is C19H16ClN5O. The largest absolute Gasteiger partial charge is 0.360 e. The fourth-order valence-electron chi connectivity index (χ4n) is 2.68. The van der Waals surface area contributed by atoms with Crippen molar-refractivity contribution < 1.29 is 4.52 Å². The van der Waals surface area contributed by atoms with Gasteiger partial charge in [0.2, 0.25) is 0 Å². The number of hydrogen-bond donors (Lipinski definition) is 1. The number of rotatable bonds is 4. The summed E-state index contributed by atoms with van der Waals surface area (Å²) < 4.78 is 5.38. The molecule has 130 valence electrons. The molecule has 0 aliphatic carbocycles. The maximum Gasteiger partial charge on any atom is 0.257 e. The van der Waals surface area contributed by atoms with Gasteiger partial charge in [0.05, 0.1) is 11.6 Å². The summed E-state index contributed by atoms with van der Waals surface area (Å²) in [6.07, 6.45) is 1.54. The van der Waals surface area contributed by atoms with E-state index in [9.17, 15) is 0 Å². The average molecular weight is 366 g/mol. The van der Waals surface area contributed by atoms with E-state index in [-0.39, 0.29) is 6.04 Å². The van der Waals surface area contributed by atoms with Gasteiger partial charge in [-0.05, 0) is 50.2 Å². The van der Waals surface area contributed by atoms with Crippen molar-refractivity contribution in [1.29, 1.82) is 0 Å². The molecule has 6 nitrogen and oxygen atoms in total. The van der Waals surface area contributed by atoms with Gasteiger partial charge in [-0.1, -0.05) is 28.4 Å². The Hall–Kier alpha value is -2.99. The molecule has 1 unspecified atom stereocenters. The van der Waals surface area contributed by atoms with E-state index in [1.54, 1.807) is 18.5 Å². The van der Waals surface area contributed by atoms with Crippen molar-refractivity contribution in [3.8, 4) is 11.5 Å². The molecule has 2 aromatic heterocycles. The summed E-state index contributed by atoms with van der Waals surface area (Å²) in [6.45, 7) is 4.00. The minimum absolute atomic E-state index is 0.182. The number of aryl methyl sites for hydroxylation is 1. The minimum Gasteiger partial charge on any atom is -0.360 e. The quantitative estimate of drug-likeness (QED) is 0.559. The average Bonchev–Trinajstić information content (AvgIpc) is 3.13. The van der Waals surface area contributed by atoms with Gasteiger partial charge < -0.3 is 9.84 Å². The van der Waals surface area contributed by atoms with E-state index >= 15 is 0 Å². The highest BCUT2D eigenvalue weighted by Crippen LogP contribution is 2.25. The van der Waals surface area contributed by atoms with Crippen LogP contribution in [0.5, 0.6) is 0 Å². The van der Waals surface area contributed by atoms with Gasteiger partial charge in [-0.25, -0.2) is 9.97 Å². The Morgan fingerprint density at radius 1 is 1.08 bits per heavy atom. The fourth-order valence-corrected chi connectivity index (χ4v) is 2.80. The van der Waals surface area contributed by atoms with E-state index in [4.69, 9.17) is 16.1 Å². The van der Waals surface area contributed by atoms with Gasteiger partial charge in [0, 0.05) is 16.0 Å². The molecule has 2 aromatic carbocycles. The first-order valence-electron chi connectivity index (χ1n) is 8.17. The summed E-state index contributed by atoms with van der Waals surface area (Å²) in [5.74, 6) is 1.74. The molecule has 0 spiro atoms. The maximum atomic E-state index is 5.92. The normalized spacial score (nSPS) is 12.3. The molecule has 1 atom stereocenters. The monoisotopic (exact) mass is 365 g/mol. The predicted molar refractivity (Wildman–Crippen MR) is 101 cm³/mol. The van der Waals surface area contributed by atoms with Gasteiger partial charge in [0.1, 0.15) is 12.1 Å². The molecule has 7 heteroatoms. The second kappa shape index (κ2) is 6.72. The van der Waals surface area contributed by atoms with Crippen LogP contribution in [0.2, 0.25) is 5.02 Å². The van der Waals surface area contributed by atoms with Crippen molar-refractivity contribution in [3.63, 3.8) is 0 Å². The van der Waals surface area contributed by atoms with Crippen LogP contribution >= 0.6 is 11.6 Å². The molecular weight excluding hydrogens is 350 g/mol. The Morgan fingerprint density at radius 3 is 2.69 bits per heavy atom. The standard InChI is InChI=1S/C19H16ClN5O/c1-11-3-8-16-15(9-11)18(22-10-21-16)23-12(2)17-24-19(26-25-17)13-4-6-14(20)7-5-13/h3-10,12H,1-2H3,(H,21,22,23). The van der Waals surface area contributed by atoms with Crippen LogP contribution in [-0.4, -0.2) is 20.1 Å². The van der Waals surface area contributed by atoms with Gasteiger partial charge in [0.25, 0.3) is 5.89 Å². The Labute approximate surface area is 155 Å². The minimum atomic E-state index is -0.182. The zero-order chi connectivity index (χ0) is 18.1. The van der Waals surface area contributed by atoms with Gasteiger partial charge in [0.15, 0.2) is 5.82 Å². The summed E-state index contributed by atoms with van der Waals surface area (Å²) in [5.41, 5.74) is 2.85. The molecule has 1 N–H and O–H groups in total. The molecule has 0 aliphatic heterocycles. The molecule has 4 aromatic rings. The maximum absolute atomic E-state index is 5.92. The van der Waals surface area contributed by atoms with Crippen LogP contribution in [0.4, 0.5) is 5.82 Å². The van der Waals surface area contributed by atoms with Gasteiger partial charge in [-0.2, -0.15) is 4.98 Å². The van der Waals surface area contributed by atoms with E-state index in [1.807, 2.05) is 38.1 Å². The number of halogens is 1. The topological polar surface area (TPSA) is 76.7 Å². The summed E-state index contributed by atoms with van der Waals surface area (Å²) in [6, 6.07) is 13.2. The van der Waals surface area contributed by atoms with E-state index < -0.39 is 0 Å². The van der Waals surface area contributed by atoms with Crippen LogP contribution in [0.15, 0.2) is 53.3 Å². The van der Waals surface area contributed by atoms with Crippen molar-refractivity contribution in [3.05, 3.63) is 65.2 Å². The first-order valence-corrected chi connectivity index (χ1v) is 8.55. The number of anilines is 1. The molecule has 0 bridgehead atoms. The fraction of sp³-hybridized carbons (Fsp3) is 0.158. The second-order valence-electron chi connectivity index (χ2n) is 6.07. The van der Waals surface area contributed by atoms with E-state index in [1.165, 1.54) is 0 Å². The second-order valence-corrected chi connectivity index (χ2v) is 6.51. The SMILES string of the molecule is Cc1ccc2ncnc(NC(C)c3noc(-c4ccc(Cl)cc4)n3)c2c1. The number of fused-ring (bicyclic) bond motifs is 1. The van der Waals surface area contributed by atoms with Crippen LogP contribution in [-0.2, 0) is 0 Å². The summed E-state index contributed by atoms with van der Waals surface area (Å²) in [4.78, 5) is 13.1. The predicted octanol–water partition coefficient (Wildman–Crippen LogP) is 4.81. The lowest BCUT2D eigenvalue weighted by molar-refractivity contribution is 0.420. The Kier molecular flexibility index (Phi) is 4.26. The van der Waals surface area contributed by atoms with Crippen molar-refractivity contribution in [2.24, 2.45) is 0 Å². The highest BCUT2D eigenvalue weighted by Gasteiger charge is 2.16. The van der Waals surface area contributed by atoms with Crippen molar-refractivity contribution >= 4 is 28.3 Å². The Bertz CT molecular complexity index is 1060. The Morgan fingerprint density at radius 2 is 1.88 bits per heavy atom. The van der Waals surface area contributed by atoms with Gasteiger partial charge >= 0.3 is 0 Å². The highest BCUT2D eigenvalue weighted by atomic mass is 35.5. The van der Waals surface area contributed by atoms with Crippen LogP contribution in [0.25, 0.3) is 22.4 Å². The van der Waals surface area contributed by atoms with Gasteiger partial charge in [-0.3, -0.25) is 0 Å². The summed E-state index contributed by atoms with van der Waals surface area (Å²) in [5, 5.41) is 9.05. The zero-order valence-corrected chi connectivity index (χ0v) is 15.0. The van der Waals surface area contributed by atoms with Crippen molar-refractivity contribution in [2.75, 3.05) is 5.32 Å². The van der Waals surface area contributed by atoms with E-state index in [2.05, 4.69) is 31.5 Å². The van der Waals surface area contributed by atoms with E-state index in [0.29, 0.717) is 16.7 Å². The van der Waals surface area contributed by atoms with Crippen LogP contribution in [0.3, 0.4) is 0 Å². The number of nitrogens with one attached hydrogen (secondary N) is 1.